The summed E-state index contributed by atoms with van der Waals surface area (Å²) in [6.07, 6.45) is -2.52. The van der Waals surface area contributed by atoms with Crippen molar-refractivity contribution in [2.75, 3.05) is 7.11 Å². The van der Waals surface area contributed by atoms with Crippen LogP contribution in [0.3, 0.4) is 0 Å². The van der Waals surface area contributed by atoms with Crippen LogP contribution in [0.4, 0.5) is 13.2 Å². The van der Waals surface area contributed by atoms with Gasteiger partial charge in [0.15, 0.2) is 0 Å². The number of halogens is 4. The Balaban J connectivity index is 1.82. The zero-order valence-corrected chi connectivity index (χ0v) is 17.0. The lowest BCUT2D eigenvalue weighted by atomic mass is 9.89. The third-order valence-corrected chi connectivity index (χ3v) is 5.05. The van der Waals surface area contributed by atoms with Gasteiger partial charge in [-0.3, -0.25) is 0 Å². The molecule has 8 heteroatoms. The number of nitrogens with zero attached hydrogens (tertiary/aromatic N) is 3. The number of aromatic nitrogens is 3. The van der Waals surface area contributed by atoms with Crippen molar-refractivity contribution in [2.24, 2.45) is 0 Å². The minimum absolute atomic E-state index is 0.0986. The molecule has 0 radical (unpaired) electrons. The van der Waals surface area contributed by atoms with E-state index < -0.39 is 11.9 Å². The standard InChI is InChI=1S/C21H21ClF3N3O/c1-13(15-5-4-6-16(22)10-15)9-14(2)18-11-20(29-3)28(27-18)17-7-8-19(26-12-17)21(23,24)25/h4-8,10-14H,9H2,1-3H3/t13-,14?/m0/s1. The Kier molecular flexibility index (Phi) is 6.17. The molecule has 0 amide bonds. The maximum Gasteiger partial charge on any atom is 0.433 e. The van der Waals surface area contributed by atoms with Gasteiger partial charge in [0.2, 0.25) is 5.88 Å². The summed E-state index contributed by atoms with van der Waals surface area (Å²) in [5.41, 5.74) is 1.38. The molecule has 0 spiro atoms. The minimum Gasteiger partial charge on any atom is -0.481 e. The average molecular weight is 424 g/mol. The Hall–Kier alpha value is -2.54. The van der Waals surface area contributed by atoms with Gasteiger partial charge in [0.1, 0.15) is 5.69 Å². The van der Waals surface area contributed by atoms with E-state index in [2.05, 4.69) is 23.9 Å². The van der Waals surface area contributed by atoms with Crippen molar-refractivity contribution in [3.8, 4) is 11.6 Å². The SMILES string of the molecule is COc1cc(C(C)C[C@H](C)c2cccc(Cl)c2)nn1-c1ccc(C(F)(F)F)nc1. The van der Waals surface area contributed by atoms with Gasteiger partial charge in [-0.1, -0.05) is 37.6 Å². The molecule has 2 atom stereocenters. The number of hydrogen-bond acceptors (Lipinski definition) is 3. The van der Waals surface area contributed by atoms with Gasteiger partial charge in [-0.15, -0.1) is 0 Å². The molecule has 1 aromatic carbocycles. The summed E-state index contributed by atoms with van der Waals surface area (Å²) in [4.78, 5) is 3.50. The van der Waals surface area contributed by atoms with Crippen molar-refractivity contribution >= 4 is 11.6 Å². The van der Waals surface area contributed by atoms with Crippen LogP contribution in [0, 0.1) is 0 Å². The summed E-state index contributed by atoms with van der Waals surface area (Å²) in [6, 6.07) is 11.8. The van der Waals surface area contributed by atoms with Gasteiger partial charge >= 0.3 is 6.18 Å². The quantitative estimate of drug-likeness (QED) is 0.470. The molecule has 154 valence electrons. The average Bonchev–Trinajstić information content (AvgIpc) is 3.12. The largest absolute Gasteiger partial charge is 0.481 e. The predicted molar refractivity (Wildman–Crippen MR) is 106 cm³/mol. The van der Waals surface area contributed by atoms with E-state index in [4.69, 9.17) is 16.3 Å². The topological polar surface area (TPSA) is 39.9 Å². The van der Waals surface area contributed by atoms with E-state index in [1.807, 2.05) is 24.3 Å². The zero-order chi connectivity index (χ0) is 21.2. The molecule has 2 aromatic heterocycles. The van der Waals surface area contributed by atoms with Gasteiger partial charge < -0.3 is 4.74 Å². The molecular formula is C21H21ClF3N3O. The minimum atomic E-state index is -4.48. The van der Waals surface area contributed by atoms with E-state index in [0.29, 0.717) is 16.6 Å². The fourth-order valence-electron chi connectivity index (χ4n) is 3.23. The van der Waals surface area contributed by atoms with Gasteiger partial charge in [-0.05, 0) is 42.2 Å². The second-order valence-electron chi connectivity index (χ2n) is 7.02. The third kappa shape index (κ3) is 4.90. The summed E-state index contributed by atoms with van der Waals surface area (Å²) >= 11 is 6.08. The Bertz CT molecular complexity index is 970. The highest BCUT2D eigenvalue weighted by molar-refractivity contribution is 6.30. The molecule has 4 nitrogen and oxygen atoms in total. The Labute approximate surface area is 172 Å². The molecule has 0 aliphatic rings. The lowest BCUT2D eigenvalue weighted by Crippen LogP contribution is -2.09. The van der Waals surface area contributed by atoms with Crippen molar-refractivity contribution < 1.29 is 17.9 Å². The first-order valence-corrected chi connectivity index (χ1v) is 9.50. The number of hydrogen-bond donors (Lipinski definition) is 0. The first-order chi connectivity index (χ1) is 13.7. The Morgan fingerprint density at radius 3 is 2.45 bits per heavy atom. The van der Waals surface area contributed by atoms with Crippen LogP contribution in [0.2, 0.25) is 5.02 Å². The number of rotatable bonds is 6. The van der Waals surface area contributed by atoms with Gasteiger partial charge in [0.25, 0.3) is 0 Å². The Morgan fingerprint density at radius 2 is 1.86 bits per heavy atom. The highest BCUT2D eigenvalue weighted by Gasteiger charge is 2.32. The van der Waals surface area contributed by atoms with Gasteiger partial charge in [-0.25, -0.2) is 4.98 Å². The number of pyridine rings is 1. The van der Waals surface area contributed by atoms with E-state index >= 15 is 0 Å². The van der Waals surface area contributed by atoms with Crippen molar-refractivity contribution in [1.82, 2.24) is 14.8 Å². The summed E-state index contributed by atoms with van der Waals surface area (Å²) in [7, 11) is 1.49. The molecule has 0 N–H and O–H groups in total. The lowest BCUT2D eigenvalue weighted by molar-refractivity contribution is -0.141. The molecule has 0 fully saturated rings. The molecule has 0 saturated heterocycles. The molecule has 2 heterocycles. The van der Waals surface area contributed by atoms with Crippen LogP contribution in [0.15, 0.2) is 48.7 Å². The first-order valence-electron chi connectivity index (χ1n) is 9.12. The fraction of sp³-hybridized carbons (Fsp3) is 0.333. The second-order valence-corrected chi connectivity index (χ2v) is 7.45. The van der Waals surface area contributed by atoms with E-state index in [0.717, 1.165) is 29.9 Å². The van der Waals surface area contributed by atoms with Crippen LogP contribution in [0.1, 0.15) is 49.1 Å². The predicted octanol–water partition coefficient (Wildman–Crippen LogP) is 6.25. The molecule has 3 rings (SSSR count). The van der Waals surface area contributed by atoms with E-state index in [1.54, 1.807) is 6.07 Å². The summed E-state index contributed by atoms with van der Waals surface area (Å²) in [6.45, 7) is 4.17. The van der Waals surface area contributed by atoms with Crippen LogP contribution in [0.25, 0.3) is 5.69 Å². The molecule has 0 saturated carbocycles. The monoisotopic (exact) mass is 423 g/mol. The molecule has 1 unspecified atom stereocenters. The molecule has 0 aliphatic carbocycles. The van der Waals surface area contributed by atoms with E-state index in [9.17, 15) is 13.2 Å². The first kappa shape index (κ1) is 21.2. The summed E-state index contributed by atoms with van der Waals surface area (Å²) in [5, 5.41) is 5.25. The molecular weight excluding hydrogens is 403 g/mol. The molecule has 3 aromatic rings. The van der Waals surface area contributed by atoms with Crippen molar-refractivity contribution in [1.29, 1.82) is 0 Å². The summed E-state index contributed by atoms with van der Waals surface area (Å²) < 4.78 is 45.1. The van der Waals surface area contributed by atoms with E-state index in [-0.39, 0.29) is 11.8 Å². The maximum atomic E-state index is 12.7. The number of ether oxygens (including phenoxy) is 1. The van der Waals surface area contributed by atoms with Crippen LogP contribution in [0.5, 0.6) is 5.88 Å². The van der Waals surface area contributed by atoms with Gasteiger partial charge in [0, 0.05) is 17.0 Å². The van der Waals surface area contributed by atoms with Crippen LogP contribution in [-0.4, -0.2) is 21.9 Å². The zero-order valence-electron chi connectivity index (χ0n) is 16.2. The molecule has 0 bridgehead atoms. The van der Waals surface area contributed by atoms with Crippen LogP contribution < -0.4 is 4.74 Å². The summed E-state index contributed by atoms with van der Waals surface area (Å²) in [5.74, 6) is 0.790. The van der Waals surface area contributed by atoms with Crippen LogP contribution in [-0.2, 0) is 6.18 Å². The highest BCUT2D eigenvalue weighted by atomic mass is 35.5. The normalized spacial score (nSPS) is 13.9. The van der Waals surface area contributed by atoms with Gasteiger partial charge in [0.05, 0.1) is 24.7 Å². The smallest absolute Gasteiger partial charge is 0.433 e. The Morgan fingerprint density at radius 1 is 1.10 bits per heavy atom. The second kappa shape index (κ2) is 8.45. The molecule has 0 aliphatic heterocycles. The lowest BCUT2D eigenvalue weighted by Gasteiger charge is -2.16. The number of methoxy groups -OCH3 is 1. The highest BCUT2D eigenvalue weighted by Crippen LogP contribution is 2.33. The number of alkyl halides is 3. The van der Waals surface area contributed by atoms with Crippen molar-refractivity contribution in [3.63, 3.8) is 0 Å². The maximum absolute atomic E-state index is 12.7. The molecule has 29 heavy (non-hydrogen) atoms. The van der Waals surface area contributed by atoms with Crippen molar-refractivity contribution in [3.05, 3.63) is 70.6 Å². The fourth-order valence-corrected chi connectivity index (χ4v) is 3.43. The van der Waals surface area contributed by atoms with Gasteiger partial charge in [-0.2, -0.15) is 23.0 Å². The van der Waals surface area contributed by atoms with Crippen LogP contribution >= 0.6 is 11.6 Å². The van der Waals surface area contributed by atoms with Crippen molar-refractivity contribution in [2.45, 2.75) is 38.3 Å². The number of benzene rings is 1. The van der Waals surface area contributed by atoms with E-state index in [1.165, 1.54) is 17.9 Å². The third-order valence-electron chi connectivity index (χ3n) is 4.82.